The first kappa shape index (κ1) is 36.5. The van der Waals surface area contributed by atoms with Crippen LogP contribution in [0.1, 0.15) is 70.4 Å². The van der Waals surface area contributed by atoms with Gasteiger partial charge in [0.2, 0.25) is 6.79 Å². The standard InChI is InChI=1S/C32H42N2O11/c1-9-41-30(38)24(21-13-11-10-12-14-21)26(45-29(37)19(2)3)20(4)44-23(35)17-34-28(36)25-27(22(40-8)15-16-33-25)42-18-43-31(39)32(5,6)7/h10-16,19-20,24,26H,9,17-18H2,1-8H3,(H,34,36)/t20-,24+,26-/m0/s1. The molecule has 0 saturated heterocycles. The number of carbonyl (C=O) groups is 5. The lowest BCUT2D eigenvalue weighted by Gasteiger charge is -2.30. The lowest BCUT2D eigenvalue weighted by atomic mass is 9.90. The Labute approximate surface area is 262 Å². The molecule has 0 saturated carbocycles. The van der Waals surface area contributed by atoms with Crippen molar-refractivity contribution < 1.29 is 52.4 Å². The summed E-state index contributed by atoms with van der Waals surface area (Å²) in [7, 11) is 1.35. The first-order valence-electron chi connectivity index (χ1n) is 14.4. The van der Waals surface area contributed by atoms with Crippen LogP contribution in [0.2, 0.25) is 0 Å². The van der Waals surface area contributed by atoms with Crippen LogP contribution in [0.3, 0.4) is 0 Å². The largest absolute Gasteiger partial charge is 0.493 e. The van der Waals surface area contributed by atoms with E-state index in [9.17, 15) is 24.0 Å². The number of benzene rings is 1. The Bertz CT molecular complexity index is 1320. The number of pyridine rings is 1. The predicted molar refractivity (Wildman–Crippen MR) is 160 cm³/mol. The van der Waals surface area contributed by atoms with Gasteiger partial charge >= 0.3 is 23.9 Å². The Morgan fingerprint density at radius 2 is 1.58 bits per heavy atom. The molecular formula is C32H42N2O11. The maximum Gasteiger partial charge on any atom is 0.325 e. The lowest BCUT2D eigenvalue weighted by Crippen LogP contribution is -2.43. The normalized spacial score (nSPS) is 13.1. The minimum atomic E-state index is -1.24. The van der Waals surface area contributed by atoms with Gasteiger partial charge in [0.25, 0.3) is 5.91 Å². The van der Waals surface area contributed by atoms with Gasteiger partial charge < -0.3 is 33.7 Å². The number of hydrogen-bond donors (Lipinski definition) is 1. The van der Waals surface area contributed by atoms with Crippen molar-refractivity contribution in [1.29, 1.82) is 0 Å². The fourth-order valence-corrected chi connectivity index (χ4v) is 3.86. The van der Waals surface area contributed by atoms with Gasteiger partial charge in [-0.2, -0.15) is 0 Å². The second-order valence-electron chi connectivity index (χ2n) is 11.2. The summed E-state index contributed by atoms with van der Waals surface area (Å²) >= 11 is 0. The molecule has 246 valence electrons. The van der Waals surface area contributed by atoms with E-state index in [4.69, 9.17) is 28.4 Å². The zero-order valence-electron chi connectivity index (χ0n) is 26.9. The van der Waals surface area contributed by atoms with Crippen LogP contribution in [0, 0.1) is 11.3 Å². The number of carbonyl (C=O) groups excluding carboxylic acids is 5. The second kappa shape index (κ2) is 17.0. The van der Waals surface area contributed by atoms with Gasteiger partial charge in [0.1, 0.15) is 18.6 Å². The number of amides is 1. The fourth-order valence-electron chi connectivity index (χ4n) is 3.86. The highest BCUT2D eigenvalue weighted by atomic mass is 16.7. The lowest BCUT2D eigenvalue weighted by molar-refractivity contribution is -0.175. The highest BCUT2D eigenvalue weighted by Gasteiger charge is 2.40. The zero-order valence-corrected chi connectivity index (χ0v) is 26.9. The molecule has 45 heavy (non-hydrogen) atoms. The number of esters is 4. The van der Waals surface area contributed by atoms with E-state index in [0.717, 1.165) is 0 Å². The Kier molecular flexibility index (Phi) is 13.8. The Hall–Kier alpha value is -4.68. The molecule has 13 heteroatoms. The molecule has 3 atom stereocenters. The number of hydrogen-bond acceptors (Lipinski definition) is 12. The molecule has 0 fully saturated rings. The van der Waals surface area contributed by atoms with Gasteiger partial charge in [-0.15, -0.1) is 0 Å². The van der Waals surface area contributed by atoms with Crippen LogP contribution in [0.25, 0.3) is 0 Å². The van der Waals surface area contributed by atoms with E-state index in [-0.39, 0.29) is 23.8 Å². The van der Waals surface area contributed by atoms with E-state index in [1.165, 1.54) is 26.3 Å². The van der Waals surface area contributed by atoms with Crippen molar-refractivity contribution in [3.8, 4) is 11.5 Å². The molecule has 1 aromatic heterocycles. The van der Waals surface area contributed by atoms with Crippen molar-refractivity contribution in [1.82, 2.24) is 10.3 Å². The third kappa shape index (κ3) is 10.8. The SMILES string of the molecule is CCOC(=O)[C@H](c1ccccc1)[C@@H](OC(=O)C(C)C)[C@H](C)OC(=O)CNC(=O)c1nccc(OC)c1OCOC(=O)C(C)(C)C. The highest BCUT2D eigenvalue weighted by Crippen LogP contribution is 2.30. The molecule has 1 N–H and O–H groups in total. The van der Waals surface area contributed by atoms with E-state index in [1.54, 1.807) is 71.9 Å². The summed E-state index contributed by atoms with van der Waals surface area (Å²) in [6.07, 6.45) is -1.07. The first-order valence-corrected chi connectivity index (χ1v) is 14.4. The number of nitrogens with zero attached hydrogens (tertiary/aromatic N) is 1. The monoisotopic (exact) mass is 630 g/mol. The van der Waals surface area contributed by atoms with Crippen molar-refractivity contribution in [2.45, 2.75) is 66.6 Å². The van der Waals surface area contributed by atoms with Gasteiger partial charge in [-0.05, 0) is 40.2 Å². The first-order chi connectivity index (χ1) is 21.2. The van der Waals surface area contributed by atoms with Gasteiger partial charge in [-0.3, -0.25) is 24.0 Å². The van der Waals surface area contributed by atoms with Crippen molar-refractivity contribution in [3.63, 3.8) is 0 Å². The molecule has 13 nitrogen and oxygen atoms in total. The maximum atomic E-state index is 13.1. The van der Waals surface area contributed by atoms with Crippen LogP contribution in [-0.4, -0.2) is 74.0 Å². The van der Waals surface area contributed by atoms with Crippen LogP contribution in [0.15, 0.2) is 42.6 Å². The molecule has 1 aromatic carbocycles. The quantitative estimate of drug-likeness (QED) is 0.173. The van der Waals surface area contributed by atoms with E-state index < -0.39 is 72.6 Å². The van der Waals surface area contributed by atoms with E-state index in [1.807, 2.05) is 0 Å². The third-order valence-corrected chi connectivity index (χ3v) is 6.23. The molecule has 1 amide bonds. The van der Waals surface area contributed by atoms with Crippen molar-refractivity contribution in [2.75, 3.05) is 27.1 Å². The summed E-state index contributed by atoms with van der Waals surface area (Å²) in [5.74, 6) is -5.09. The van der Waals surface area contributed by atoms with Crippen molar-refractivity contribution in [2.24, 2.45) is 11.3 Å². The Morgan fingerprint density at radius 1 is 0.911 bits per heavy atom. The summed E-state index contributed by atoms with van der Waals surface area (Å²) in [5, 5.41) is 2.40. The summed E-state index contributed by atoms with van der Waals surface area (Å²) in [6, 6.07) is 10.00. The minimum absolute atomic E-state index is 0.0796. The molecule has 0 spiro atoms. The molecule has 1 heterocycles. The van der Waals surface area contributed by atoms with E-state index in [0.29, 0.717) is 5.56 Å². The van der Waals surface area contributed by atoms with Crippen molar-refractivity contribution >= 4 is 29.8 Å². The minimum Gasteiger partial charge on any atom is -0.493 e. The van der Waals surface area contributed by atoms with Gasteiger partial charge in [0.05, 0.1) is 25.0 Å². The number of aromatic nitrogens is 1. The van der Waals surface area contributed by atoms with Crippen LogP contribution >= 0.6 is 0 Å². The maximum absolute atomic E-state index is 13.1. The third-order valence-electron chi connectivity index (χ3n) is 6.23. The van der Waals surface area contributed by atoms with Gasteiger partial charge in [0.15, 0.2) is 23.3 Å². The second-order valence-corrected chi connectivity index (χ2v) is 11.2. The van der Waals surface area contributed by atoms with E-state index >= 15 is 0 Å². The van der Waals surface area contributed by atoms with Crippen LogP contribution in [0.4, 0.5) is 0 Å². The topological polar surface area (TPSA) is 166 Å². The van der Waals surface area contributed by atoms with Gasteiger partial charge in [0, 0.05) is 12.3 Å². The molecule has 0 radical (unpaired) electrons. The number of methoxy groups -OCH3 is 1. The molecule has 0 aliphatic carbocycles. The zero-order chi connectivity index (χ0) is 33.7. The molecule has 0 bridgehead atoms. The average molecular weight is 631 g/mol. The fraction of sp³-hybridized carbons (Fsp3) is 0.500. The van der Waals surface area contributed by atoms with Gasteiger partial charge in [-0.25, -0.2) is 4.98 Å². The van der Waals surface area contributed by atoms with Crippen LogP contribution < -0.4 is 14.8 Å². The molecule has 0 aliphatic heterocycles. The molecule has 0 aliphatic rings. The molecular weight excluding hydrogens is 588 g/mol. The predicted octanol–water partition coefficient (Wildman–Crippen LogP) is 3.59. The number of ether oxygens (including phenoxy) is 6. The molecule has 0 unspecified atom stereocenters. The summed E-state index contributed by atoms with van der Waals surface area (Å²) in [4.78, 5) is 67.8. The van der Waals surface area contributed by atoms with Gasteiger partial charge in [-0.1, -0.05) is 44.2 Å². The summed E-state index contributed by atoms with van der Waals surface area (Å²) < 4.78 is 32.4. The van der Waals surface area contributed by atoms with Crippen molar-refractivity contribution in [3.05, 3.63) is 53.9 Å². The molecule has 2 rings (SSSR count). The summed E-state index contributed by atoms with van der Waals surface area (Å²) in [6.45, 7) is 10.4. The Balaban J connectivity index is 2.20. The molecule has 2 aromatic rings. The smallest absolute Gasteiger partial charge is 0.325 e. The Morgan fingerprint density at radius 3 is 2.16 bits per heavy atom. The average Bonchev–Trinajstić information content (AvgIpc) is 2.99. The highest BCUT2D eigenvalue weighted by molar-refractivity contribution is 5.97. The number of nitrogens with one attached hydrogen (secondary N) is 1. The van der Waals surface area contributed by atoms with Crippen LogP contribution in [-0.2, 0) is 38.1 Å². The van der Waals surface area contributed by atoms with E-state index in [2.05, 4.69) is 10.3 Å². The van der Waals surface area contributed by atoms with Crippen LogP contribution in [0.5, 0.6) is 11.5 Å². The summed E-state index contributed by atoms with van der Waals surface area (Å²) in [5.41, 5.74) is -0.514. The number of rotatable bonds is 15.